The summed E-state index contributed by atoms with van der Waals surface area (Å²) in [6, 6.07) is 26.2. The molecule has 5 nitrogen and oxygen atoms in total. The molecule has 5 rings (SSSR count). The number of aryl methyl sites for hydroxylation is 1. The number of benzene rings is 3. The highest BCUT2D eigenvalue weighted by molar-refractivity contribution is 6.08. The molecule has 4 aromatic rings. The van der Waals surface area contributed by atoms with Crippen LogP contribution in [0.2, 0.25) is 0 Å². The van der Waals surface area contributed by atoms with Crippen molar-refractivity contribution in [3.63, 3.8) is 0 Å². The number of amides is 1. The number of nitrogens with one attached hydrogen (secondary N) is 2. The Morgan fingerprint density at radius 3 is 2.46 bits per heavy atom. The normalized spacial score (nSPS) is 18.6. The van der Waals surface area contributed by atoms with Gasteiger partial charge >= 0.3 is 0 Å². The second kappa shape index (κ2) is 10.2. The van der Waals surface area contributed by atoms with E-state index < -0.39 is 0 Å². The minimum absolute atomic E-state index is 0.111. The molecule has 2 heterocycles. The monoisotopic (exact) mass is 468 g/mol. The van der Waals surface area contributed by atoms with Crippen LogP contribution in [0.15, 0.2) is 72.8 Å². The summed E-state index contributed by atoms with van der Waals surface area (Å²) in [5, 5.41) is 9.51. The van der Waals surface area contributed by atoms with Crippen LogP contribution in [-0.2, 0) is 24.4 Å². The predicted octanol–water partition coefficient (Wildman–Crippen LogP) is 5.07. The fourth-order valence-electron chi connectivity index (χ4n) is 5.51. The lowest BCUT2D eigenvalue weighted by atomic mass is 10.1. The van der Waals surface area contributed by atoms with Gasteiger partial charge in [-0.15, -0.1) is 0 Å². The van der Waals surface area contributed by atoms with Crippen LogP contribution in [-0.4, -0.2) is 40.0 Å². The quantitative estimate of drug-likeness (QED) is 0.380. The Kier molecular flexibility index (Phi) is 6.89. The maximum atomic E-state index is 13.0. The second-order valence-electron chi connectivity index (χ2n) is 10.0. The van der Waals surface area contributed by atoms with E-state index in [9.17, 15) is 4.79 Å². The molecule has 0 spiro atoms. The first-order chi connectivity index (χ1) is 17.0. The molecule has 0 bridgehead atoms. The first kappa shape index (κ1) is 23.6. The number of nitrogens with zero attached hydrogens (tertiary/aromatic N) is 2. The summed E-state index contributed by atoms with van der Waals surface area (Å²) in [7, 11) is 0. The molecule has 0 aliphatic carbocycles. The van der Waals surface area contributed by atoms with Crippen LogP contribution >= 0.6 is 0 Å². The zero-order valence-corrected chi connectivity index (χ0v) is 21.0. The van der Waals surface area contributed by atoms with Crippen molar-refractivity contribution in [2.24, 2.45) is 0 Å². The molecule has 1 aromatic heterocycles. The van der Waals surface area contributed by atoms with Crippen LogP contribution in [0.25, 0.3) is 21.8 Å². The molecular weight excluding hydrogens is 432 g/mol. The van der Waals surface area contributed by atoms with Crippen molar-refractivity contribution in [2.75, 3.05) is 6.54 Å². The third-order valence-electron chi connectivity index (χ3n) is 7.11. The summed E-state index contributed by atoms with van der Waals surface area (Å²) in [4.78, 5) is 15.3. The predicted molar refractivity (Wildman–Crippen MR) is 144 cm³/mol. The number of para-hydroxylation sites is 1. The Hall–Kier alpha value is -3.15. The van der Waals surface area contributed by atoms with Gasteiger partial charge < -0.3 is 15.2 Å². The van der Waals surface area contributed by atoms with E-state index in [1.54, 1.807) is 0 Å². The summed E-state index contributed by atoms with van der Waals surface area (Å²) in [6.07, 6.45) is 0.822. The van der Waals surface area contributed by atoms with Crippen LogP contribution in [0.1, 0.15) is 38.3 Å². The van der Waals surface area contributed by atoms with Gasteiger partial charge in [0.2, 0.25) is 5.91 Å². The molecule has 1 saturated heterocycles. The van der Waals surface area contributed by atoms with Crippen molar-refractivity contribution in [1.29, 1.82) is 0 Å². The minimum atomic E-state index is -0.111. The number of fused-ring (bicyclic) bond motifs is 3. The first-order valence-electron chi connectivity index (χ1n) is 12.8. The highest BCUT2D eigenvalue weighted by Crippen LogP contribution is 2.30. The number of carbonyl (C=O) groups excluding carboxylic acids is 1. The SMILES string of the molecule is CCn1c2ccccc2c2cc(CN[C@@H]3C[C@@H](C(=O)NC(C)C)N(Cc4ccccc4)C3)ccc21. The Bertz CT molecular complexity index is 1310. The summed E-state index contributed by atoms with van der Waals surface area (Å²) in [6.45, 7) is 9.66. The lowest BCUT2D eigenvalue weighted by molar-refractivity contribution is -0.126. The molecule has 2 atom stereocenters. The van der Waals surface area contributed by atoms with Crippen molar-refractivity contribution in [3.05, 3.63) is 83.9 Å². The summed E-state index contributed by atoms with van der Waals surface area (Å²) in [5.74, 6) is 0.133. The van der Waals surface area contributed by atoms with E-state index in [2.05, 4.69) is 93.8 Å². The van der Waals surface area contributed by atoms with Gasteiger partial charge in [0, 0.05) is 60.1 Å². The maximum absolute atomic E-state index is 13.0. The maximum Gasteiger partial charge on any atom is 0.237 e. The molecule has 1 aliphatic heterocycles. The number of aromatic nitrogens is 1. The van der Waals surface area contributed by atoms with Crippen molar-refractivity contribution in [2.45, 2.75) is 65.0 Å². The van der Waals surface area contributed by atoms with Crippen molar-refractivity contribution in [3.8, 4) is 0 Å². The molecule has 0 unspecified atom stereocenters. The first-order valence-corrected chi connectivity index (χ1v) is 12.8. The van der Waals surface area contributed by atoms with Gasteiger partial charge in [-0.05, 0) is 56.5 Å². The van der Waals surface area contributed by atoms with Crippen LogP contribution in [0, 0.1) is 0 Å². The Morgan fingerprint density at radius 2 is 1.69 bits per heavy atom. The molecule has 1 amide bonds. The Balaban J connectivity index is 1.32. The molecule has 5 heteroatoms. The van der Waals surface area contributed by atoms with Crippen molar-refractivity contribution < 1.29 is 4.79 Å². The molecule has 2 N–H and O–H groups in total. The molecule has 0 radical (unpaired) electrons. The van der Waals surface area contributed by atoms with Crippen molar-refractivity contribution in [1.82, 2.24) is 20.1 Å². The van der Waals surface area contributed by atoms with Gasteiger partial charge in [0.25, 0.3) is 0 Å². The molecule has 35 heavy (non-hydrogen) atoms. The fourth-order valence-corrected chi connectivity index (χ4v) is 5.51. The van der Waals surface area contributed by atoms with E-state index in [0.29, 0.717) is 0 Å². The lowest BCUT2D eigenvalue weighted by Gasteiger charge is -2.24. The van der Waals surface area contributed by atoms with Gasteiger partial charge in [0.05, 0.1) is 6.04 Å². The molecule has 1 aliphatic rings. The molecule has 1 fully saturated rings. The summed E-state index contributed by atoms with van der Waals surface area (Å²) in [5.41, 5.74) is 5.11. The molecule has 3 aromatic carbocycles. The number of hydrogen-bond donors (Lipinski definition) is 2. The second-order valence-corrected chi connectivity index (χ2v) is 10.0. The lowest BCUT2D eigenvalue weighted by Crippen LogP contribution is -2.45. The van der Waals surface area contributed by atoms with Gasteiger partial charge in [0.1, 0.15) is 0 Å². The Labute approximate surface area is 208 Å². The topological polar surface area (TPSA) is 49.3 Å². The molecular formula is C30H36N4O. The van der Waals surface area contributed by atoms with E-state index in [0.717, 1.165) is 32.6 Å². The van der Waals surface area contributed by atoms with E-state index in [4.69, 9.17) is 0 Å². The largest absolute Gasteiger partial charge is 0.353 e. The van der Waals surface area contributed by atoms with Gasteiger partial charge in [-0.3, -0.25) is 9.69 Å². The third kappa shape index (κ3) is 4.97. The fraction of sp³-hybridized carbons (Fsp3) is 0.367. The number of hydrogen-bond acceptors (Lipinski definition) is 3. The zero-order chi connectivity index (χ0) is 24.4. The van der Waals surface area contributed by atoms with Gasteiger partial charge in [-0.25, -0.2) is 0 Å². The zero-order valence-electron chi connectivity index (χ0n) is 21.0. The highest BCUT2D eigenvalue weighted by Gasteiger charge is 2.36. The average Bonchev–Trinajstić information content (AvgIpc) is 3.41. The standard InChI is InChI=1S/C30H36N4O/c1-4-34-27-13-9-8-12-25(27)26-16-23(14-15-28(26)34)18-31-24-17-29(30(35)32-21(2)3)33(20-24)19-22-10-6-5-7-11-22/h5-16,21,24,29,31H,4,17-20H2,1-3H3,(H,32,35)/t24-,29+/m1/s1. The summed E-state index contributed by atoms with van der Waals surface area (Å²) >= 11 is 0. The average molecular weight is 469 g/mol. The van der Waals surface area contributed by atoms with E-state index in [-0.39, 0.29) is 24.0 Å². The number of rotatable bonds is 8. The molecule has 182 valence electrons. The number of likely N-dealkylation sites (tertiary alicyclic amines) is 1. The van der Waals surface area contributed by atoms with Crippen LogP contribution in [0.3, 0.4) is 0 Å². The Morgan fingerprint density at radius 1 is 0.943 bits per heavy atom. The van der Waals surface area contributed by atoms with E-state index in [1.807, 2.05) is 19.9 Å². The van der Waals surface area contributed by atoms with Crippen LogP contribution in [0.4, 0.5) is 0 Å². The van der Waals surface area contributed by atoms with Gasteiger partial charge in [-0.2, -0.15) is 0 Å². The smallest absolute Gasteiger partial charge is 0.237 e. The number of carbonyl (C=O) groups is 1. The summed E-state index contributed by atoms with van der Waals surface area (Å²) < 4.78 is 2.39. The molecule has 0 saturated carbocycles. The minimum Gasteiger partial charge on any atom is -0.353 e. The van der Waals surface area contributed by atoms with E-state index >= 15 is 0 Å². The van der Waals surface area contributed by atoms with Crippen LogP contribution in [0.5, 0.6) is 0 Å². The highest BCUT2D eigenvalue weighted by atomic mass is 16.2. The van der Waals surface area contributed by atoms with Gasteiger partial charge in [0.15, 0.2) is 0 Å². The van der Waals surface area contributed by atoms with E-state index in [1.165, 1.54) is 32.9 Å². The van der Waals surface area contributed by atoms with Crippen LogP contribution < -0.4 is 10.6 Å². The van der Waals surface area contributed by atoms with Gasteiger partial charge in [-0.1, -0.05) is 54.6 Å². The van der Waals surface area contributed by atoms with Crippen molar-refractivity contribution >= 4 is 27.7 Å². The third-order valence-corrected chi connectivity index (χ3v) is 7.11.